The molecule has 1 rings (SSSR count). The molecule has 0 radical (unpaired) electrons. The SMILES string of the molecule is CCCCN(C)c1cccc(O)c1. The molecule has 1 aromatic carbocycles. The summed E-state index contributed by atoms with van der Waals surface area (Å²) in [4.78, 5) is 2.16. The van der Waals surface area contributed by atoms with Crippen LogP contribution < -0.4 is 4.90 Å². The molecule has 0 bridgehead atoms. The third kappa shape index (κ3) is 2.98. The van der Waals surface area contributed by atoms with Crippen LogP contribution in [0.15, 0.2) is 24.3 Å². The van der Waals surface area contributed by atoms with Crippen LogP contribution in [0.3, 0.4) is 0 Å². The van der Waals surface area contributed by atoms with Crippen LogP contribution in [0.2, 0.25) is 0 Å². The molecular weight excluding hydrogens is 162 g/mol. The predicted molar refractivity (Wildman–Crippen MR) is 56.3 cm³/mol. The van der Waals surface area contributed by atoms with Crippen LogP contribution in [0, 0.1) is 0 Å². The van der Waals surface area contributed by atoms with E-state index >= 15 is 0 Å². The Balaban J connectivity index is 2.60. The molecule has 0 saturated carbocycles. The maximum absolute atomic E-state index is 9.26. The van der Waals surface area contributed by atoms with Gasteiger partial charge in [0.05, 0.1) is 0 Å². The summed E-state index contributed by atoms with van der Waals surface area (Å²) in [5.74, 6) is 0.334. The third-order valence-corrected chi connectivity index (χ3v) is 2.12. The van der Waals surface area contributed by atoms with Gasteiger partial charge in [-0.05, 0) is 18.6 Å². The summed E-state index contributed by atoms with van der Waals surface area (Å²) in [5.41, 5.74) is 1.08. The zero-order chi connectivity index (χ0) is 9.68. The van der Waals surface area contributed by atoms with E-state index in [2.05, 4.69) is 11.8 Å². The van der Waals surface area contributed by atoms with Gasteiger partial charge in [-0.1, -0.05) is 19.4 Å². The topological polar surface area (TPSA) is 23.5 Å². The van der Waals surface area contributed by atoms with Crippen LogP contribution in [0.4, 0.5) is 5.69 Å². The molecule has 2 nitrogen and oxygen atoms in total. The summed E-state index contributed by atoms with van der Waals surface area (Å²) in [6, 6.07) is 7.36. The Labute approximate surface area is 79.8 Å². The first-order valence-electron chi connectivity index (χ1n) is 4.74. The van der Waals surface area contributed by atoms with Gasteiger partial charge in [-0.2, -0.15) is 0 Å². The van der Waals surface area contributed by atoms with Crippen molar-refractivity contribution < 1.29 is 5.11 Å². The molecule has 1 N–H and O–H groups in total. The standard InChI is InChI=1S/C11H17NO/c1-3-4-8-12(2)10-6-5-7-11(13)9-10/h5-7,9,13H,3-4,8H2,1-2H3. The average molecular weight is 179 g/mol. The summed E-state index contributed by atoms with van der Waals surface area (Å²) in [7, 11) is 2.05. The fourth-order valence-electron chi connectivity index (χ4n) is 1.25. The highest BCUT2D eigenvalue weighted by molar-refractivity contribution is 5.49. The minimum atomic E-state index is 0.334. The quantitative estimate of drug-likeness (QED) is 0.768. The van der Waals surface area contributed by atoms with Gasteiger partial charge in [0.1, 0.15) is 5.75 Å². The van der Waals surface area contributed by atoms with E-state index in [0.717, 1.165) is 12.2 Å². The fraction of sp³-hybridized carbons (Fsp3) is 0.455. The predicted octanol–water partition coefficient (Wildman–Crippen LogP) is 2.63. The lowest BCUT2D eigenvalue weighted by Crippen LogP contribution is -2.17. The Morgan fingerprint density at radius 1 is 1.38 bits per heavy atom. The average Bonchev–Trinajstić information content (AvgIpc) is 2.14. The molecule has 0 aliphatic rings. The number of aromatic hydroxyl groups is 1. The van der Waals surface area contributed by atoms with Crippen molar-refractivity contribution in [1.29, 1.82) is 0 Å². The van der Waals surface area contributed by atoms with Gasteiger partial charge in [0.15, 0.2) is 0 Å². The van der Waals surface area contributed by atoms with Gasteiger partial charge in [-0.3, -0.25) is 0 Å². The van der Waals surface area contributed by atoms with Crippen LogP contribution in [0.5, 0.6) is 5.75 Å². The summed E-state index contributed by atoms with van der Waals surface area (Å²) >= 11 is 0. The second kappa shape index (κ2) is 4.75. The molecule has 0 saturated heterocycles. The van der Waals surface area contributed by atoms with Crippen molar-refractivity contribution in [1.82, 2.24) is 0 Å². The Morgan fingerprint density at radius 2 is 2.15 bits per heavy atom. The largest absolute Gasteiger partial charge is 0.508 e. The minimum Gasteiger partial charge on any atom is -0.508 e. The number of phenolic OH excluding ortho intramolecular Hbond substituents is 1. The van der Waals surface area contributed by atoms with Gasteiger partial charge in [0, 0.05) is 25.3 Å². The molecule has 0 spiro atoms. The normalized spacial score (nSPS) is 10.0. The smallest absolute Gasteiger partial charge is 0.117 e. The van der Waals surface area contributed by atoms with Crippen LogP contribution in [-0.4, -0.2) is 18.7 Å². The number of nitrogens with zero attached hydrogens (tertiary/aromatic N) is 1. The molecule has 0 fully saturated rings. The maximum atomic E-state index is 9.26. The molecule has 0 unspecified atom stereocenters. The number of hydrogen-bond donors (Lipinski definition) is 1. The summed E-state index contributed by atoms with van der Waals surface area (Å²) in [5, 5.41) is 9.26. The van der Waals surface area contributed by atoms with E-state index < -0.39 is 0 Å². The van der Waals surface area contributed by atoms with Gasteiger partial charge in [-0.15, -0.1) is 0 Å². The van der Waals surface area contributed by atoms with Crippen molar-refractivity contribution in [2.45, 2.75) is 19.8 Å². The lowest BCUT2D eigenvalue weighted by atomic mass is 10.2. The van der Waals surface area contributed by atoms with E-state index in [-0.39, 0.29) is 0 Å². The lowest BCUT2D eigenvalue weighted by Gasteiger charge is -2.18. The molecule has 1 aromatic rings. The van der Waals surface area contributed by atoms with Gasteiger partial charge < -0.3 is 10.0 Å². The number of rotatable bonds is 4. The molecule has 2 heteroatoms. The lowest BCUT2D eigenvalue weighted by molar-refractivity contribution is 0.475. The summed E-state index contributed by atoms with van der Waals surface area (Å²) < 4.78 is 0. The second-order valence-corrected chi connectivity index (χ2v) is 3.29. The molecule has 0 aliphatic heterocycles. The first kappa shape index (κ1) is 9.90. The molecule has 13 heavy (non-hydrogen) atoms. The molecule has 0 atom stereocenters. The van der Waals surface area contributed by atoms with Crippen LogP contribution in [-0.2, 0) is 0 Å². The second-order valence-electron chi connectivity index (χ2n) is 3.29. The van der Waals surface area contributed by atoms with Crippen molar-refractivity contribution >= 4 is 5.69 Å². The van der Waals surface area contributed by atoms with E-state index in [4.69, 9.17) is 0 Å². The third-order valence-electron chi connectivity index (χ3n) is 2.12. The van der Waals surface area contributed by atoms with E-state index in [1.165, 1.54) is 12.8 Å². The fourth-order valence-corrected chi connectivity index (χ4v) is 1.25. The van der Waals surface area contributed by atoms with E-state index in [9.17, 15) is 5.11 Å². The van der Waals surface area contributed by atoms with Crippen molar-refractivity contribution in [2.75, 3.05) is 18.5 Å². The van der Waals surface area contributed by atoms with Gasteiger partial charge in [-0.25, -0.2) is 0 Å². The number of anilines is 1. The number of hydrogen-bond acceptors (Lipinski definition) is 2. The Kier molecular flexibility index (Phi) is 3.62. The van der Waals surface area contributed by atoms with Crippen LogP contribution >= 0.6 is 0 Å². The van der Waals surface area contributed by atoms with Crippen LogP contribution in [0.1, 0.15) is 19.8 Å². The van der Waals surface area contributed by atoms with Crippen molar-refractivity contribution in [3.05, 3.63) is 24.3 Å². The highest BCUT2D eigenvalue weighted by Crippen LogP contribution is 2.18. The Hall–Kier alpha value is -1.18. The van der Waals surface area contributed by atoms with Crippen LogP contribution in [0.25, 0.3) is 0 Å². The van der Waals surface area contributed by atoms with Crippen molar-refractivity contribution in [2.24, 2.45) is 0 Å². The summed E-state index contributed by atoms with van der Waals surface area (Å²) in [6.45, 7) is 3.22. The summed E-state index contributed by atoms with van der Waals surface area (Å²) in [6.07, 6.45) is 2.38. The van der Waals surface area contributed by atoms with E-state index in [1.807, 2.05) is 19.2 Å². The monoisotopic (exact) mass is 179 g/mol. The van der Waals surface area contributed by atoms with Gasteiger partial charge >= 0.3 is 0 Å². The Morgan fingerprint density at radius 3 is 2.77 bits per heavy atom. The van der Waals surface area contributed by atoms with E-state index in [0.29, 0.717) is 5.75 Å². The van der Waals surface area contributed by atoms with Crippen molar-refractivity contribution in [3.8, 4) is 5.75 Å². The van der Waals surface area contributed by atoms with Gasteiger partial charge in [0.2, 0.25) is 0 Å². The minimum absolute atomic E-state index is 0.334. The highest BCUT2D eigenvalue weighted by Gasteiger charge is 1.99. The zero-order valence-corrected chi connectivity index (χ0v) is 8.33. The zero-order valence-electron chi connectivity index (χ0n) is 8.33. The first-order valence-corrected chi connectivity index (χ1v) is 4.74. The van der Waals surface area contributed by atoms with E-state index in [1.54, 1.807) is 12.1 Å². The molecule has 0 heterocycles. The Bertz CT molecular complexity index is 260. The molecule has 72 valence electrons. The highest BCUT2D eigenvalue weighted by atomic mass is 16.3. The number of unbranched alkanes of at least 4 members (excludes halogenated alkanes) is 1. The first-order chi connectivity index (χ1) is 6.24. The maximum Gasteiger partial charge on any atom is 0.117 e. The molecular formula is C11H17NO. The van der Waals surface area contributed by atoms with Gasteiger partial charge in [0.25, 0.3) is 0 Å². The number of benzene rings is 1. The molecule has 0 aromatic heterocycles. The molecule has 0 aliphatic carbocycles. The van der Waals surface area contributed by atoms with Crippen molar-refractivity contribution in [3.63, 3.8) is 0 Å². The molecule has 0 amide bonds. The number of phenols is 1.